The van der Waals surface area contributed by atoms with E-state index < -0.39 is 0 Å². The zero-order chi connectivity index (χ0) is 18.8. The van der Waals surface area contributed by atoms with Crippen molar-refractivity contribution in [3.05, 3.63) is 71.3 Å². The number of amides is 1. The van der Waals surface area contributed by atoms with Gasteiger partial charge in [0.15, 0.2) is 0 Å². The van der Waals surface area contributed by atoms with E-state index in [9.17, 15) is 4.79 Å². The number of anilines is 1. The molecule has 0 saturated carbocycles. The van der Waals surface area contributed by atoms with Crippen LogP contribution in [0.15, 0.2) is 55.8 Å². The monoisotopic (exact) mass is 609 g/mol. The Kier molecular flexibility index (Phi) is 6.45. The van der Waals surface area contributed by atoms with Crippen molar-refractivity contribution < 1.29 is 14.3 Å². The van der Waals surface area contributed by atoms with Gasteiger partial charge in [0.25, 0.3) is 5.91 Å². The van der Waals surface area contributed by atoms with Gasteiger partial charge in [-0.1, -0.05) is 27.5 Å². The molecule has 1 aromatic heterocycles. The molecule has 134 valence electrons. The summed E-state index contributed by atoms with van der Waals surface area (Å²) < 4.78 is 7.95. The van der Waals surface area contributed by atoms with Gasteiger partial charge in [0.05, 0.1) is 16.3 Å². The van der Waals surface area contributed by atoms with Gasteiger partial charge in [-0.15, -0.1) is 0 Å². The molecule has 1 amide bonds. The fraction of sp³-hybridized carbons (Fsp3) is 0.0556. The summed E-state index contributed by atoms with van der Waals surface area (Å²) in [4.78, 5) is 12.7. The Hall–Kier alpha value is -0.870. The Bertz CT molecular complexity index is 991. The quantitative estimate of drug-likeness (QED) is 0.263. The standard InChI is InChI=1S/C18H11Br2ClINO3/c19-10-6-12(17(22)13(20)7-10)18(25)23-15-5-9(1-3-14(15)21)16-4-2-11(8-24)26-16/h1-7,24H,8H2,(H,23,25). The Morgan fingerprint density at radius 1 is 1.19 bits per heavy atom. The van der Waals surface area contributed by atoms with Crippen molar-refractivity contribution in [1.82, 2.24) is 0 Å². The minimum absolute atomic E-state index is 0.173. The van der Waals surface area contributed by atoms with E-state index in [0.717, 1.165) is 18.1 Å². The van der Waals surface area contributed by atoms with Gasteiger partial charge in [0.2, 0.25) is 0 Å². The number of carbonyl (C=O) groups is 1. The van der Waals surface area contributed by atoms with Gasteiger partial charge in [0.1, 0.15) is 18.1 Å². The van der Waals surface area contributed by atoms with E-state index in [0.29, 0.717) is 27.8 Å². The zero-order valence-corrected chi connectivity index (χ0v) is 19.1. The van der Waals surface area contributed by atoms with E-state index in [4.69, 9.17) is 21.1 Å². The van der Waals surface area contributed by atoms with Crippen LogP contribution in [0.4, 0.5) is 5.69 Å². The Labute approximate surface area is 185 Å². The van der Waals surface area contributed by atoms with Crippen molar-refractivity contribution in [3.8, 4) is 11.3 Å². The average Bonchev–Trinajstić information content (AvgIpc) is 3.09. The third kappa shape index (κ3) is 4.33. The second kappa shape index (κ2) is 8.43. The summed E-state index contributed by atoms with van der Waals surface area (Å²) in [5.74, 6) is 0.779. The number of benzene rings is 2. The number of halogens is 4. The van der Waals surface area contributed by atoms with E-state index in [1.807, 2.05) is 6.07 Å². The fourth-order valence-electron chi connectivity index (χ4n) is 2.30. The van der Waals surface area contributed by atoms with Crippen molar-refractivity contribution in [2.24, 2.45) is 0 Å². The summed E-state index contributed by atoms with van der Waals surface area (Å²) in [7, 11) is 0. The summed E-state index contributed by atoms with van der Waals surface area (Å²) in [5.41, 5.74) is 1.74. The van der Waals surface area contributed by atoms with Gasteiger partial charge >= 0.3 is 0 Å². The minimum atomic E-state index is -0.272. The molecule has 0 spiro atoms. The first kappa shape index (κ1) is 19.9. The molecule has 8 heteroatoms. The van der Waals surface area contributed by atoms with Gasteiger partial charge in [-0.05, 0) is 81.0 Å². The SMILES string of the molecule is O=C(Nc1cc(-c2ccc(CO)o2)ccc1Cl)c1cc(Br)cc(Br)c1I. The molecule has 0 aliphatic rings. The van der Waals surface area contributed by atoms with Crippen LogP contribution in [0.3, 0.4) is 0 Å². The van der Waals surface area contributed by atoms with Crippen LogP contribution in [-0.2, 0) is 6.61 Å². The highest BCUT2D eigenvalue weighted by molar-refractivity contribution is 14.1. The lowest BCUT2D eigenvalue weighted by Crippen LogP contribution is -2.14. The van der Waals surface area contributed by atoms with E-state index in [1.165, 1.54) is 0 Å². The first-order chi connectivity index (χ1) is 12.4. The Morgan fingerprint density at radius 3 is 2.65 bits per heavy atom. The maximum absolute atomic E-state index is 12.7. The molecule has 0 radical (unpaired) electrons. The molecule has 0 saturated heterocycles. The molecule has 3 aromatic rings. The van der Waals surface area contributed by atoms with Gasteiger partial charge in [-0.3, -0.25) is 4.79 Å². The third-order valence-corrected chi connectivity index (χ3v) is 6.87. The van der Waals surface area contributed by atoms with E-state index in [1.54, 1.807) is 36.4 Å². The first-order valence-electron chi connectivity index (χ1n) is 7.34. The smallest absolute Gasteiger partial charge is 0.256 e. The van der Waals surface area contributed by atoms with Crippen LogP contribution < -0.4 is 5.32 Å². The van der Waals surface area contributed by atoms with Crippen LogP contribution in [0.2, 0.25) is 5.02 Å². The van der Waals surface area contributed by atoms with Gasteiger partial charge < -0.3 is 14.8 Å². The topological polar surface area (TPSA) is 62.5 Å². The highest BCUT2D eigenvalue weighted by Crippen LogP contribution is 2.32. The summed E-state index contributed by atoms with van der Waals surface area (Å²) in [5, 5.41) is 12.4. The number of hydrogen-bond donors (Lipinski definition) is 2. The Morgan fingerprint density at radius 2 is 1.96 bits per heavy atom. The van der Waals surface area contributed by atoms with Crippen LogP contribution in [0.1, 0.15) is 16.1 Å². The predicted molar refractivity (Wildman–Crippen MR) is 118 cm³/mol. The lowest BCUT2D eigenvalue weighted by molar-refractivity contribution is 0.102. The highest BCUT2D eigenvalue weighted by Gasteiger charge is 2.16. The molecule has 0 aliphatic heterocycles. The number of rotatable bonds is 4. The highest BCUT2D eigenvalue weighted by atomic mass is 127. The molecule has 26 heavy (non-hydrogen) atoms. The molecule has 4 nitrogen and oxygen atoms in total. The van der Waals surface area contributed by atoms with Crippen LogP contribution in [0, 0.1) is 3.57 Å². The number of furan rings is 1. The maximum Gasteiger partial charge on any atom is 0.256 e. The van der Waals surface area contributed by atoms with Crippen LogP contribution in [0.25, 0.3) is 11.3 Å². The van der Waals surface area contributed by atoms with Crippen LogP contribution in [0.5, 0.6) is 0 Å². The predicted octanol–water partition coefficient (Wildman–Crippen LogP) is 6.47. The second-order valence-electron chi connectivity index (χ2n) is 5.32. The summed E-state index contributed by atoms with van der Waals surface area (Å²) in [6.07, 6.45) is 0. The van der Waals surface area contributed by atoms with E-state index in [-0.39, 0.29) is 12.5 Å². The van der Waals surface area contributed by atoms with E-state index >= 15 is 0 Å². The number of carbonyl (C=O) groups excluding carboxylic acids is 1. The van der Waals surface area contributed by atoms with Crippen LogP contribution >= 0.6 is 66.1 Å². The molecular formula is C18H11Br2ClINO3. The minimum Gasteiger partial charge on any atom is -0.459 e. The number of aliphatic hydroxyl groups excluding tert-OH is 1. The number of hydrogen-bond acceptors (Lipinski definition) is 3. The molecule has 3 rings (SSSR count). The number of aliphatic hydroxyl groups is 1. The Balaban J connectivity index is 1.92. The molecule has 0 aliphatic carbocycles. The maximum atomic E-state index is 12.7. The van der Waals surface area contributed by atoms with Crippen molar-refractivity contribution in [2.45, 2.75) is 6.61 Å². The molecule has 0 atom stereocenters. The van der Waals surface area contributed by atoms with Crippen molar-refractivity contribution in [2.75, 3.05) is 5.32 Å². The molecule has 0 bridgehead atoms. The van der Waals surface area contributed by atoms with Crippen molar-refractivity contribution in [1.29, 1.82) is 0 Å². The third-order valence-electron chi connectivity index (χ3n) is 3.55. The van der Waals surface area contributed by atoms with Gasteiger partial charge in [-0.2, -0.15) is 0 Å². The molecule has 0 fully saturated rings. The van der Waals surface area contributed by atoms with Crippen molar-refractivity contribution in [3.63, 3.8) is 0 Å². The average molecular weight is 611 g/mol. The van der Waals surface area contributed by atoms with E-state index in [2.05, 4.69) is 59.8 Å². The molecular weight excluding hydrogens is 600 g/mol. The molecule has 0 unspecified atom stereocenters. The lowest BCUT2D eigenvalue weighted by atomic mass is 10.1. The summed E-state index contributed by atoms with van der Waals surface area (Å²) >= 11 is 15.2. The van der Waals surface area contributed by atoms with Crippen LogP contribution in [-0.4, -0.2) is 11.0 Å². The van der Waals surface area contributed by atoms with Crippen molar-refractivity contribution >= 4 is 77.6 Å². The lowest BCUT2D eigenvalue weighted by Gasteiger charge is -2.11. The normalized spacial score (nSPS) is 10.8. The molecule has 1 heterocycles. The molecule has 2 aromatic carbocycles. The zero-order valence-electron chi connectivity index (χ0n) is 13.0. The van der Waals surface area contributed by atoms with Gasteiger partial charge in [-0.25, -0.2) is 0 Å². The molecule has 2 N–H and O–H groups in total. The summed E-state index contributed by atoms with van der Waals surface area (Å²) in [6, 6.07) is 12.3. The van der Waals surface area contributed by atoms with Gasteiger partial charge in [0, 0.05) is 18.1 Å². The largest absolute Gasteiger partial charge is 0.459 e. The second-order valence-corrected chi connectivity index (χ2v) is 8.58. The number of nitrogens with one attached hydrogen (secondary N) is 1. The summed E-state index contributed by atoms with van der Waals surface area (Å²) in [6.45, 7) is -0.173. The fourth-order valence-corrected chi connectivity index (χ4v) is 4.25. The first-order valence-corrected chi connectivity index (χ1v) is 10.4.